The topological polar surface area (TPSA) is 76.3 Å². The second-order valence-electron chi connectivity index (χ2n) is 2.54. The Labute approximate surface area is 96.4 Å². The summed E-state index contributed by atoms with van der Waals surface area (Å²) in [7, 11) is 0. The Kier molecular flexibility index (Phi) is 3.85. The van der Waals surface area contributed by atoms with Crippen LogP contribution in [0.3, 0.4) is 0 Å². The maximum atomic E-state index is 12.4. The van der Waals surface area contributed by atoms with Gasteiger partial charge in [-0.1, -0.05) is 0 Å². The summed E-state index contributed by atoms with van der Waals surface area (Å²) in [6.07, 6.45) is -2.82. The van der Waals surface area contributed by atoms with Gasteiger partial charge in [0.05, 0.1) is 11.5 Å². The number of hydrogen-bond donors (Lipinski definition) is 1. The van der Waals surface area contributed by atoms with Gasteiger partial charge >= 0.3 is 0 Å². The van der Waals surface area contributed by atoms with Gasteiger partial charge in [0.25, 0.3) is 12.1 Å². The van der Waals surface area contributed by atoms with Crippen molar-refractivity contribution >= 4 is 28.3 Å². The van der Waals surface area contributed by atoms with Gasteiger partial charge in [-0.25, -0.2) is 13.8 Å². The standard InChI is InChI=1S/C7H5F2IN2O3/c8-7(9)6-3(10)1-5(12(14)15)4(2-13)11-6/h1,7,13H,2H2. The zero-order valence-corrected chi connectivity index (χ0v) is 9.31. The van der Waals surface area contributed by atoms with Crippen molar-refractivity contribution in [2.24, 2.45) is 0 Å². The van der Waals surface area contributed by atoms with Crippen molar-refractivity contribution < 1.29 is 18.8 Å². The number of nitro groups is 1. The average molecular weight is 330 g/mol. The van der Waals surface area contributed by atoms with Gasteiger partial charge in [0.2, 0.25) is 0 Å². The van der Waals surface area contributed by atoms with E-state index in [9.17, 15) is 18.9 Å². The molecule has 0 saturated heterocycles. The molecule has 0 saturated carbocycles. The summed E-state index contributed by atoms with van der Waals surface area (Å²) >= 11 is 1.54. The van der Waals surface area contributed by atoms with E-state index >= 15 is 0 Å². The van der Waals surface area contributed by atoms with Gasteiger partial charge in [0, 0.05) is 9.64 Å². The van der Waals surface area contributed by atoms with E-state index in [1.165, 1.54) is 22.6 Å². The van der Waals surface area contributed by atoms with E-state index in [1.54, 1.807) is 0 Å². The van der Waals surface area contributed by atoms with E-state index in [1.807, 2.05) is 0 Å². The van der Waals surface area contributed by atoms with Crippen molar-refractivity contribution in [3.63, 3.8) is 0 Å². The van der Waals surface area contributed by atoms with Gasteiger partial charge in [-0.3, -0.25) is 10.1 Å². The van der Waals surface area contributed by atoms with Gasteiger partial charge < -0.3 is 5.11 Å². The molecule has 15 heavy (non-hydrogen) atoms. The fourth-order valence-electron chi connectivity index (χ4n) is 0.961. The summed E-state index contributed by atoms with van der Waals surface area (Å²) in [6, 6.07) is 0.973. The molecule has 1 aromatic heterocycles. The lowest BCUT2D eigenvalue weighted by molar-refractivity contribution is -0.386. The summed E-state index contributed by atoms with van der Waals surface area (Å²) in [5, 5.41) is 19.2. The van der Waals surface area contributed by atoms with Crippen molar-refractivity contribution in [1.82, 2.24) is 4.98 Å². The first-order chi connectivity index (χ1) is 6.97. The van der Waals surface area contributed by atoms with Crippen LogP contribution in [-0.4, -0.2) is 15.0 Å². The second-order valence-corrected chi connectivity index (χ2v) is 3.70. The molecule has 0 unspecified atom stereocenters. The molecule has 1 heterocycles. The number of rotatable bonds is 3. The number of nitrogens with zero attached hydrogens (tertiary/aromatic N) is 2. The van der Waals surface area contributed by atoms with Crippen LogP contribution in [0.4, 0.5) is 14.5 Å². The van der Waals surface area contributed by atoms with Crippen LogP contribution in [0.15, 0.2) is 6.07 Å². The molecular formula is C7H5F2IN2O3. The van der Waals surface area contributed by atoms with Crippen molar-refractivity contribution in [2.45, 2.75) is 13.0 Å². The Morgan fingerprint density at radius 3 is 2.67 bits per heavy atom. The molecule has 0 aromatic carbocycles. The zero-order chi connectivity index (χ0) is 11.6. The van der Waals surface area contributed by atoms with Crippen molar-refractivity contribution in [3.8, 4) is 0 Å². The van der Waals surface area contributed by atoms with Gasteiger partial charge in [-0.15, -0.1) is 0 Å². The Bertz CT molecular complexity index is 400. The molecular weight excluding hydrogens is 325 g/mol. The molecule has 0 atom stereocenters. The number of alkyl halides is 2. The van der Waals surface area contributed by atoms with E-state index < -0.39 is 29.3 Å². The Hall–Kier alpha value is -0.900. The van der Waals surface area contributed by atoms with Crippen LogP contribution >= 0.6 is 22.6 Å². The van der Waals surface area contributed by atoms with E-state index in [0.717, 1.165) is 6.07 Å². The van der Waals surface area contributed by atoms with E-state index in [0.29, 0.717) is 0 Å². The summed E-state index contributed by atoms with van der Waals surface area (Å²) < 4.78 is 24.7. The predicted molar refractivity (Wildman–Crippen MR) is 54.5 cm³/mol. The SMILES string of the molecule is O=[N+]([O-])c1cc(I)c(C(F)F)nc1CO. The molecule has 0 radical (unpaired) electrons. The lowest BCUT2D eigenvalue weighted by Gasteiger charge is -2.05. The summed E-state index contributed by atoms with van der Waals surface area (Å²) in [5.41, 5.74) is -1.35. The van der Waals surface area contributed by atoms with Gasteiger partial charge in [-0.05, 0) is 22.6 Å². The van der Waals surface area contributed by atoms with Crippen LogP contribution in [0.2, 0.25) is 0 Å². The number of hydrogen-bond acceptors (Lipinski definition) is 4. The predicted octanol–water partition coefficient (Wildman–Crippen LogP) is 2.02. The molecule has 82 valence electrons. The molecule has 0 aliphatic heterocycles. The summed E-state index contributed by atoms with van der Waals surface area (Å²) in [6.45, 7) is -0.743. The first-order valence-electron chi connectivity index (χ1n) is 3.70. The van der Waals surface area contributed by atoms with Crippen LogP contribution in [0, 0.1) is 13.7 Å². The molecule has 5 nitrogen and oxygen atoms in total. The quantitative estimate of drug-likeness (QED) is 0.523. The Balaban J connectivity index is 3.35. The molecule has 0 bridgehead atoms. The average Bonchev–Trinajstić information content (AvgIpc) is 2.16. The number of halogens is 3. The monoisotopic (exact) mass is 330 g/mol. The third-order valence-corrected chi connectivity index (χ3v) is 2.48. The maximum absolute atomic E-state index is 12.4. The largest absolute Gasteiger partial charge is 0.390 e. The molecule has 8 heteroatoms. The minimum Gasteiger partial charge on any atom is -0.390 e. The first-order valence-corrected chi connectivity index (χ1v) is 4.78. The third-order valence-electron chi connectivity index (χ3n) is 1.61. The van der Waals surface area contributed by atoms with Crippen LogP contribution in [0.1, 0.15) is 17.8 Å². The maximum Gasteiger partial charge on any atom is 0.294 e. The normalized spacial score (nSPS) is 10.7. The highest BCUT2D eigenvalue weighted by molar-refractivity contribution is 14.1. The van der Waals surface area contributed by atoms with Crippen LogP contribution in [0.25, 0.3) is 0 Å². The zero-order valence-electron chi connectivity index (χ0n) is 7.15. The molecule has 0 aliphatic carbocycles. The fourth-order valence-corrected chi connectivity index (χ4v) is 1.61. The highest BCUT2D eigenvalue weighted by Gasteiger charge is 2.22. The molecule has 0 fully saturated rings. The van der Waals surface area contributed by atoms with Crippen molar-refractivity contribution in [1.29, 1.82) is 0 Å². The summed E-state index contributed by atoms with van der Waals surface area (Å²) in [4.78, 5) is 13.1. The number of aliphatic hydroxyl groups excluding tert-OH is 1. The smallest absolute Gasteiger partial charge is 0.294 e. The lowest BCUT2D eigenvalue weighted by Crippen LogP contribution is -2.04. The molecule has 0 aliphatic rings. The van der Waals surface area contributed by atoms with E-state index in [-0.39, 0.29) is 9.26 Å². The molecule has 0 spiro atoms. The van der Waals surface area contributed by atoms with Crippen LogP contribution < -0.4 is 0 Å². The third kappa shape index (κ3) is 2.56. The molecule has 1 rings (SSSR count). The number of aromatic nitrogens is 1. The summed E-state index contributed by atoms with van der Waals surface area (Å²) in [5.74, 6) is 0. The fraction of sp³-hybridized carbons (Fsp3) is 0.286. The molecule has 1 N–H and O–H groups in total. The van der Waals surface area contributed by atoms with E-state index in [4.69, 9.17) is 5.11 Å². The van der Waals surface area contributed by atoms with Crippen LogP contribution in [-0.2, 0) is 6.61 Å². The Morgan fingerprint density at radius 1 is 1.67 bits per heavy atom. The van der Waals surface area contributed by atoms with Gasteiger partial charge in [0.1, 0.15) is 11.4 Å². The molecule has 1 aromatic rings. The minimum absolute atomic E-state index is 0.00602. The van der Waals surface area contributed by atoms with Crippen molar-refractivity contribution in [3.05, 3.63) is 31.1 Å². The Morgan fingerprint density at radius 2 is 2.27 bits per heavy atom. The molecule has 0 amide bonds. The lowest BCUT2D eigenvalue weighted by atomic mass is 10.2. The van der Waals surface area contributed by atoms with E-state index in [2.05, 4.69) is 4.98 Å². The highest BCUT2D eigenvalue weighted by Crippen LogP contribution is 2.27. The number of aliphatic hydroxyl groups is 1. The van der Waals surface area contributed by atoms with Crippen LogP contribution in [0.5, 0.6) is 0 Å². The van der Waals surface area contributed by atoms with Gasteiger partial charge in [0.15, 0.2) is 0 Å². The number of pyridine rings is 1. The minimum atomic E-state index is -2.82. The van der Waals surface area contributed by atoms with Gasteiger partial charge in [-0.2, -0.15) is 0 Å². The first kappa shape index (κ1) is 12.2. The second kappa shape index (κ2) is 4.75. The highest BCUT2D eigenvalue weighted by atomic mass is 127. The van der Waals surface area contributed by atoms with Crippen molar-refractivity contribution in [2.75, 3.05) is 0 Å².